The van der Waals surface area contributed by atoms with E-state index in [1.165, 1.54) is 11.3 Å². The van der Waals surface area contributed by atoms with Gasteiger partial charge in [0.05, 0.1) is 12.1 Å². The first-order valence-electron chi connectivity index (χ1n) is 4.68. The molecule has 5 nitrogen and oxygen atoms in total. The number of hydrogen-bond donors (Lipinski definition) is 3. The molecule has 1 aromatic rings. The van der Waals surface area contributed by atoms with Crippen molar-refractivity contribution in [2.45, 2.75) is 20.0 Å². The summed E-state index contributed by atoms with van der Waals surface area (Å²) in [6.07, 6.45) is -1.57. The first-order chi connectivity index (χ1) is 7.41. The number of carboxylic acid groups (broad SMARTS) is 1. The van der Waals surface area contributed by atoms with Crippen LogP contribution in [-0.4, -0.2) is 34.7 Å². The molecule has 0 fully saturated rings. The monoisotopic (exact) mass is 243 g/mol. The molecule has 1 atom stereocenters. The summed E-state index contributed by atoms with van der Waals surface area (Å²) in [5, 5.41) is 19.8. The van der Waals surface area contributed by atoms with Crippen LogP contribution in [0.25, 0.3) is 0 Å². The third kappa shape index (κ3) is 3.04. The number of amides is 1. The molecule has 1 heterocycles. The summed E-state index contributed by atoms with van der Waals surface area (Å²) in [4.78, 5) is 23.8. The van der Waals surface area contributed by atoms with Gasteiger partial charge in [-0.1, -0.05) is 0 Å². The number of hydrogen-bond acceptors (Lipinski definition) is 4. The average Bonchev–Trinajstić information content (AvgIpc) is 2.53. The smallest absolute Gasteiger partial charge is 0.334 e. The van der Waals surface area contributed by atoms with Gasteiger partial charge in [0.15, 0.2) is 6.10 Å². The summed E-state index contributed by atoms with van der Waals surface area (Å²) in [6.45, 7) is 3.42. The molecule has 0 radical (unpaired) electrons. The minimum atomic E-state index is -1.57. The number of rotatable bonds is 4. The Morgan fingerprint density at radius 1 is 1.50 bits per heavy atom. The van der Waals surface area contributed by atoms with Gasteiger partial charge in [0.1, 0.15) is 0 Å². The number of nitrogens with one attached hydrogen (secondary N) is 1. The van der Waals surface area contributed by atoms with E-state index < -0.39 is 12.1 Å². The summed E-state index contributed by atoms with van der Waals surface area (Å²) in [7, 11) is 0. The zero-order chi connectivity index (χ0) is 12.3. The summed E-state index contributed by atoms with van der Waals surface area (Å²) in [5.74, 6) is -1.71. The lowest BCUT2D eigenvalue weighted by Crippen LogP contribution is -2.36. The van der Waals surface area contributed by atoms with Crippen molar-refractivity contribution in [3.8, 4) is 0 Å². The van der Waals surface area contributed by atoms with E-state index in [1.54, 1.807) is 6.07 Å². The highest BCUT2D eigenvalue weighted by Crippen LogP contribution is 2.20. The van der Waals surface area contributed by atoms with Crippen LogP contribution < -0.4 is 5.32 Å². The Balaban J connectivity index is 2.60. The Morgan fingerprint density at radius 3 is 2.56 bits per heavy atom. The predicted molar refractivity (Wildman–Crippen MR) is 59.8 cm³/mol. The molecule has 1 amide bonds. The van der Waals surface area contributed by atoms with Crippen molar-refractivity contribution in [3.63, 3.8) is 0 Å². The third-order valence-corrected chi connectivity index (χ3v) is 2.99. The molecular weight excluding hydrogens is 230 g/mol. The molecule has 0 aliphatic rings. The van der Waals surface area contributed by atoms with E-state index in [1.807, 2.05) is 13.8 Å². The Morgan fingerprint density at radius 2 is 2.12 bits per heavy atom. The Kier molecular flexibility index (Phi) is 4.03. The second kappa shape index (κ2) is 5.09. The molecule has 1 unspecified atom stereocenters. The number of carbonyl (C=O) groups excluding carboxylic acids is 1. The van der Waals surface area contributed by atoms with Gasteiger partial charge in [-0.2, -0.15) is 0 Å². The molecule has 0 bridgehead atoms. The van der Waals surface area contributed by atoms with E-state index in [0.29, 0.717) is 5.56 Å². The maximum absolute atomic E-state index is 11.6. The number of aryl methyl sites for hydroxylation is 2. The van der Waals surface area contributed by atoms with Crippen molar-refractivity contribution >= 4 is 23.2 Å². The Labute approximate surface area is 96.7 Å². The molecular formula is C10H13NO4S. The fraction of sp³-hybridized carbons (Fsp3) is 0.400. The van der Waals surface area contributed by atoms with Gasteiger partial charge < -0.3 is 15.5 Å². The highest BCUT2D eigenvalue weighted by molar-refractivity contribution is 7.12. The van der Waals surface area contributed by atoms with E-state index in [0.717, 1.165) is 9.75 Å². The molecule has 0 aliphatic carbocycles. The lowest BCUT2D eigenvalue weighted by Gasteiger charge is -2.07. The molecule has 1 rings (SSSR count). The van der Waals surface area contributed by atoms with E-state index in [4.69, 9.17) is 10.2 Å². The summed E-state index contributed by atoms with van der Waals surface area (Å²) >= 11 is 1.50. The molecule has 6 heteroatoms. The van der Waals surface area contributed by atoms with Crippen LogP contribution in [0.5, 0.6) is 0 Å². The van der Waals surface area contributed by atoms with Crippen LogP contribution in [0.2, 0.25) is 0 Å². The van der Waals surface area contributed by atoms with Gasteiger partial charge in [-0.25, -0.2) is 4.79 Å². The van der Waals surface area contributed by atoms with Crippen LogP contribution in [0.1, 0.15) is 20.1 Å². The molecule has 0 spiro atoms. The van der Waals surface area contributed by atoms with E-state index in [2.05, 4.69) is 5.32 Å². The van der Waals surface area contributed by atoms with Crippen LogP contribution in [0.15, 0.2) is 6.07 Å². The fourth-order valence-electron chi connectivity index (χ4n) is 1.23. The number of carboxylic acids is 1. The molecule has 0 aromatic carbocycles. The first-order valence-corrected chi connectivity index (χ1v) is 5.49. The molecule has 0 saturated heterocycles. The van der Waals surface area contributed by atoms with Crippen LogP contribution in [-0.2, 0) is 4.79 Å². The Hall–Kier alpha value is -1.40. The molecule has 1 aromatic heterocycles. The van der Waals surface area contributed by atoms with E-state index >= 15 is 0 Å². The average molecular weight is 243 g/mol. The lowest BCUT2D eigenvalue weighted by molar-refractivity contribution is -0.146. The van der Waals surface area contributed by atoms with Gasteiger partial charge in [0.2, 0.25) is 0 Å². The topological polar surface area (TPSA) is 86.6 Å². The van der Waals surface area contributed by atoms with Crippen LogP contribution in [0.4, 0.5) is 0 Å². The highest BCUT2D eigenvalue weighted by atomic mass is 32.1. The van der Waals surface area contributed by atoms with E-state index in [-0.39, 0.29) is 12.5 Å². The summed E-state index contributed by atoms with van der Waals surface area (Å²) in [6, 6.07) is 1.74. The molecule has 3 N–H and O–H groups in total. The maximum Gasteiger partial charge on any atom is 0.334 e. The van der Waals surface area contributed by atoms with Crippen molar-refractivity contribution in [1.29, 1.82) is 0 Å². The number of thiophene rings is 1. The quantitative estimate of drug-likeness (QED) is 0.720. The van der Waals surface area contributed by atoms with Gasteiger partial charge in [-0.05, 0) is 19.9 Å². The van der Waals surface area contributed by atoms with Crippen molar-refractivity contribution < 1.29 is 19.8 Å². The second-order valence-electron chi connectivity index (χ2n) is 3.39. The van der Waals surface area contributed by atoms with Crippen LogP contribution in [0.3, 0.4) is 0 Å². The van der Waals surface area contributed by atoms with Gasteiger partial charge in [-0.3, -0.25) is 4.79 Å². The molecule has 0 aliphatic heterocycles. The molecule has 88 valence electrons. The number of aliphatic hydroxyl groups is 1. The molecule has 0 saturated carbocycles. The first kappa shape index (κ1) is 12.7. The normalized spacial score (nSPS) is 12.2. The second-order valence-corrected chi connectivity index (χ2v) is 4.85. The number of carbonyl (C=O) groups is 2. The predicted octanol–water partition coefficient (Wildman–Crippen LogP) is 0.540. The Bertz CT molecular complexity index is 413. The highest BCUT2D eigenvalue weighted by Gasteiger charge is 2.16. The van der Waals surface area contributed by atoms with Crippen LogP contribution in [0, 0.1) is 13.8 Å². The number of aliphatic hydroxyl groups excluding tert-OH is 1. The molecule has 16 heavy (non-hydrogen) atoms. The van der Waals surface area contributed by atoms with Gasteiger partial charge >= 0.3 is 5.97 Å². The maximum atomic E-state index is 11.6. The van der Waals surface area contributed by atoms with E-state index in [9.17, 15) is 9.59 Å². The van der Waals surface area contributed by atoms with Gasteiger partial charge in [0.25, 0.3) is 5.91 Å². The van der Waals surface area contributed by atoms with Gasteiger partial charge in [0, 0.05) is 9.75 Å². The largest absolute Gasteiger partial charge is 0.479 e. The van der Waals surface area contributed by atoms with Crippen molar-refractivity contribution in [2.75, 3.05) is 6.54 Å². The number of aliphatic carboxylic acids is 1. The van der Waals surface area contributed by atoms with Gasteiger partial charge in [-0.15, -0.1) is 11.3 Å². The fourth-order valence-corrected chi connectivity index (χ4v) is 2.15. The third-order valence-electron chi connectivity index (χ3n) is 2.03. The zero-order valence-electron chi connectivity index (χ0n) is 8.98. The lowest BCUT2D eigenvalue weighted by atomic mass is 10.2. The SMILES string of the molecule is Cc1cc(C(=O)NCC(O)C(=O)O)c(C)s1. The zero-order valence-corrected chi connectivity index (χ0v) is 9.80. The summed E-state index contributed by atoms with van der Waals surface area (Å²) < 4.78 is 0. The minimum absolute atomic E-state index is 0.289. The standard InChI is InChI=1S/C10H13NO4S/c1-5-3-7(6(2)16-5)9(13)11-4-8(12)10(14)15/h3,8,12H,4H2,1-2H3,(H,11,13)(H,14,15). The van der Waals surface area contributed by atoms with Crippen molar-refractivity contribution in [2.24, 2.45) is 0 Å². The van der Waals surface area contributed by atoms with Crippen LogP contribution >= 0.6 is 11.3 Å². The summed E-state index contributed by atoms with van der Waals surface area (Å²) in [5.41, 5.74) is 0.528. The van der Waals surface area contributed by atoms with Crippen molar-refractivity contribution in [3.05, 3.63) is 21.4 Å². The van der Waals surface area contributed by atoms with Crippen molar-refractivity contribution in [1.82, 2.24) is 5.32 Å². The minimum Gasteiger partial charge on any atom is -0.479 e.